The van der Waals surface area contributed by atoms with E-state index in [0.717, 1.165) is 48.5 Å². The number of halogens is 1. The van der Waals surface area contributed by atoms with E-state index < -0.39 is 29.5 Å². The molecule has 3 fully saturated rings. The normalized spacial score (nSPS) is 34.2. The predicted octanol–water partition coefficient (Wildman–Crippen LogP) is 5.38. The molecule has 45 heavy (non-hydrogen) atoms. The zero-order chi connectivity index (χ0) is 32.6. The number of aromatic nitrogens is 1. The van der Waals surface area contributed by atoms with Gasteiger partial charge in [-0.25, -0.2) is 0 Å². The maximum Gasteiger partial charge on any atom is 0.190 e. The Kier molecular flexibility index (Phi) is 9.88. The summed E-state index contributed by atoms with van der Waals surface area (Å²) in [7, 11) is 4.19. The third-order valence-corrected chi connectivity index (χ3v) is 11.7. The van der Waals surface area contributed by atoms with Crippen molar-refractivity contribution >= 4 is 23.2 Å². The van der Waals surface area contributed by atoms with Gasteiger partial charge in [0.25, 0.3) is 0 Å². The van der Waals surface area contributed by atoms with Crippen molar-refractivity contribution in [2.75, 3.05) is 27.2 Å². The van der Waals surface area contributed by atoms with E-state index in [2.05, 4.69) is 49.1 Å². The summed E-state index contributed by atoms with van der Waals surface area (Å²) in [5.41, 5.74) is 0.844. The molecule has 4 aliphatic carbocycles. The minimum absolute atomic E-state index is 0.00912. The van der Waals surface area contributed by atoms with Crippen LogP contribution < -0.4 is 0 Å². The topological polar surface area (TPSA) is 111 Å². The van der Waals surface area contributed by atoms with E-state index in [-0.39, 0.29) is 29.0 Å². The quantitative estimate of drug-likeness (QED) is 0.375. The number of carbonyl (C=O) groups is 2. The Morgan fingerprint density at radius 3 is 2.51 bits per heavy atom. The van der Waals surface area contributed by atoms with E-state index in [1.807, 2.05) is 43.5 Å². The second-order valence-electron chi connectivity index (χ2n) is 14.1. The minimum atomic E-state index is -1.56. The monoisotopic (exact) mass is 634 g/mol. The molecule has 4 aliphatic rings. The smallest absolute Gasteiger partial charge is 0.190 e. The van der Waals surface area contributed by atoms with E-state index in [1.54, 1.807) is 12.2 Å². The van der Waals surface area contributed by atoms with Crippen LogP contribution in [0.1, 0.15) is 69.5 Å². The molecular weight excluding hydrogens is 588 g/mol. The second kappa shape index (κ2) is 13.2. The van der Waals surface area contributed by atoms with Crippen LogP contribution in [0.4, 0.5) is 0 Å². The number of aliphatic hydroxyl groups excluding tert-OH is 2. The molecular formula is C37H47ClN2O5. The maximum atomic E-state index is 12.4. The lowest BCUT2D eigenvalue weighted by molar-refractivity contribution is -0.178. The number of benzene rings is 1. The standard InChI is InChI=1S/C21H28O5.C16H19ClN2/c1-19-7-5-13(23)9-12(19)3-4-14-15-6-8-21(26,17(25)11-22)20(15,2)10-16(24)18(14)19;1-19(2)12-10-15(16-5-3-4-11-18-16)13-6-8-14(17)9-7-13/h5,7,9,14-16,18,22,24,26H,3-4,6,8,10-11H2,1-2H3;3-9,11,15H,10,12H2,1-2H3/t14-,15-,16-,18+,19-,20-,21-;/m0./s1. The minimum Gasteiger partial charge on any atom is -0.393 e. The lowest BCUT2D eigenvalue weighted by Crippen LogP contribution is -2.61. The van der Waals surface area contributed by atoms with Gasteiger partial charge in [-0.1, -0.05) is 55.3 Å². The van der Waals surface area contributed by atoms with Gasteiger partial charge in [0.2, 0.25) is 0 Å². The molecule has 0 aliphatic heterocycles. The van der Waals surface area contributed by atoms with E-state index in [4.69, 9.17) is 11.6 Å². The van der Waals surface area contributed by atoms with Gasteiger partial charge in [-0.3, -0.25) is 14.6 Å². The molecule has 8 heteroatoms. The van der Waals surface area contributed by atoms with E-state index >= 15 is 0 Å². The van der Waals surface area contributed by atoms with Crippen molar-refractivity contribution in [2.24, 2.45) is 28.6 Å². The molecule has 6 rings (SSSR count). The summed E-state index contributed by atoms with van der Waals surface area (Å²) in [6.45, 7) is 4.37. The van der Waals surface area contributed by atoms with E-state index in [0.29, 0.717) is 18.8 Å². The van der Waals surface area contributed by atoms with Crippen molar-refractivity contribution in [1.29, 1.82) is 0 Å². The average molecular weight is 635 g/mol. The number of hydrogen-bond acceptors (Lipinski definition) is 7. The Morgan fingerprint density at radius 1 is 1.13 bits per heavy atom. The Morgan fingerprint density at radius 2 is 1.87 bits per heavy atom. The highest BCUT2D eigenvalue weighted by atomic mass is 35.5. The highest BCUT2D eigenvalue weighted by molar-refractivity contribution is 6.30. The highest BCUT2D eigenvalue weighted by Gasteiger charge is 2.67. The van der Waals surface area contributed by atoms with Gasteiger partial charge < -0.3 is 20.2 Å². The first-order valence-corrected chi connectivity index (χ1v) is 16.5. The SMILES string of the molecule is CN(C)CCC(c1ccc(Cl)cc1)c1ccccn1.C[C@]12C=CC(=O)C=C1CC[C@@H]1[C@@H]2[C@@H](O)C[C@@]2(C)[C@H]1CC[C@]2(O)C(=O)CO. The first kappa shape index (κ1) is 33.7. The number of pyridine rings is 1. The molecule has 1 heterocycles. The molecule has 2 aromatic rings. The van der Waals surface area contributed by atoms with Gasteiger partial charge >= 0.3 is 0 Å². The van der Waals surface area contributed by atoms with Crippen LogP contribution in [-0.2, 0) is 9.59 Å². The number of nitrogens with zero attached hydrogens (tertiary/aromatic N) is 2. The zero-order valence-corrected chi connectivity index (χ0v) is 27.6. The highest BCUT2D eigenvalue weighted by Crippen LogP contribution is 2.67. The summed E-state index contributed by atoms with van der Waals surface area (Å²) in [4.78, 5) is 30.9. The van der Waals surface area contributed by atoms with Gasteiger partial charge in [0.15, 0.2) is 11.6 Å². The maximum absolute atomic E-state index is 12.4. The molecule has 0 radical (unpaired) electrons. The lowest BCUT2D eigenvalue weighted by atomic mass is 9.46. The summed E-state index contributed by atoms with van der Waals surface area (Å²) >= 11 is 5.97. The van der Waals surface area contributed by atoms with Crippen molar-refractivity contribution in [2.45, 2.75) is 70.0 Å². The number of ketones is 2. The molecule has 7 nitrogen and oxygen atoms in total. The first-order chi connectivity index (χ1) is 21.3. The molecule has 3 saturated carbocycles. The van der Waals surface area contributed by atoms with Crippen LogP contribution >= 0.6 is 11.6 Å². The molecule has 0 saturated heterocycles. The molecule has 0 spiro atoms. The molecule has 1 aromatic carbocycles. The molecule has 8 atom stereocenters. The second-order valence-corrected chi connectivity index (χ2v) is 14.6. The number of hydrogen-bond donors (Lipinski definition) is 3. The van der Waals surface area contributed by atoms with Crippen LogP contribution in [0.5, 0.6) is 0 Å². The average Bonchev–Trinajstić information content (AvgIpc) is 3.29. The first-order valence-electron chi connectivity index (χ1n) is 16.1. The fraction of sp³-hybridized carbons (Fsp3) is 0.541. The molecule has 0 bridgehead atoms. The molecule has 1 unspecified atom stereocenters. The third-order valence-electron chi connectivity index (χ3n) is 11.4. The van der Waals surface area contributed by atoms with Crippen LogP contribution in [-0.4, -0.2) is 75.7 Å². The Bertz CT molecular complexity index is 1440. The number of allylic oxidation sites excluding steroid dienone is 4. The molecule has 3 N–H and O–H groups in total. The van der Waals surface area contributed by atoms with Gasteiger partial charge in [0.05, 0.1) is 6.10 Å². The van der Waals surface area contributed by atoms with E-state index in [1.165, 1.54) is 5.56 Å². The van der Waals surface area contributed by atoms with Gasteiger partial charge in [0, 0.05) is 39.6 Å². The van der Waals surface area contributed by atoms with Crippen LogP contribution in [0.15, 0.2) is 72.5 Å². The number of rotatable bonds is 7. The molecule has 1 aromatic heterocycles. The van der Waals surface area contributed by atoms with Gasteiger partial charge in [0.1, 0.15) is 12.2 Å². The summed E-state index contributed by atoms with van der Waals surface area (Å²) in [6, 6.07) is 14.2. The van der Waals surface area contributed by atoms with Gasteiger partial charge in [-0.15, -0.1) is 0 Å². The van der Waals surface area contributed by atoms with Crippen molar-refractivity contribution in [3.05, 3.63) is 88.7 Å². The fourth-order valence-electron chi connectivity index (χ4n) is 9.07. The summed E-state index contributed by atoms with van der Waals surface area (Å²) in [5, 5.41) is 32.4. The van der Waals surface area contributed by atoms with E-state index in [9.17, 15) is 24.9 Å². The Hall–Kier alpha value is -2.68. The summed E-state index contributed by atoms with van der Waals surface area (Å²) < 4.78 is 0. The number of aliphatic hydroxyl groups is 3. The molecule has 242 valence electrons. The van der Waals surface area contributed by atoms with Crippen LogP contribution in [0.2, 0.25) is 5.02 Å². The number of carbonyl (C=O) groups excluding carboxylic acids is 2. The van der Waals surface area contributed by atoms with Crippen molar-refractivity contribution in [3.8, 4) is 0 Å². The number of fused-ring (bicyclic) bond motifs is 5. The van der Waals surface area contributed by atoms with Crippen molar-refractivity contribution < 1.29 is 24.9 Å². The van der Waals surface area contributed by atoms with Crippen LogP contribution in [0.3, 0.4) is 0 Å². The summed E-state index contributed by atoms with van der Waals surface area (Å²) in [6.07, 6.45) is 10.6. The Balaban J connectivity index is 0.000000187. The van der Waals surface area contributed by atoms with Crippen molar-refractivity contribution in [3.63, 3.8) is 0 Å². The van der Waals surface area contributed by atoms with Crippen molar-refractivity contribution in [1.82, 2.24) is 9.88 Å². The van der Waals surface area contributed by atoms with Crippen LogP contribution in [0.25, 0.3) is 0 Å². The third kappa shape index (κ3) is 6.22. The largest absolute Gasteiger partial charge is 0.393 e. The Labute approximate surface area is 272 Å². The predicted molar refractivity (Wildman–Crippen MR) is 176 cm³/mol. The fourth-order valence-corrected chi connectivity index (χ4v) is 9.20. The molecule has 0 amide bonds. The number of Topliss-reactive ketones (excluding diaryl/α,β-unsaturated/α-hetero) is 1. The van der Waals surface area contributed by atoms with Gasteiger partial charge in [-0.2, -0.15) is 0 Å². The lowest BCUT2D eigenvalue weighted by Gasteiger charge is -2.59. The van der Waals surface area contributed by atoms with Gasteiger partial charge in [-0.05, 0) is 113 Å². The van der Waals surface area contributed by atoms with Crippen LogP contribution in [0, 0.1) is 28.6 Å². The summed E-state index contributed by atoms with van der Waals surface area (Å²) in [5.74, 6) is 0.0937. The zero-order valence-electron chi connectivity index (χ0n) is 26.8.